The number of thioether (sulfide) groups is 1. The lowest BCUT2D eigenvalue weighted by atomic mass is 10.1. The average molecular weight is 291 g/mol. The van der Waals surface area contributed by atoms with Crippen molar-refractivity contribution in [2.75, 3.05) is 12.9 Å². The van der Waals surface area contributed by atoms with Gasteiger partial charge in [0.1, 0.15) is 0 Å². The Kier molecular flexibility index (Phi) is 4.52. The molecule has 6 nitrogen and oxygen atoms in total. The van der Waals surface area contributed by atoms with Gasteiger partial charge in [0.15, 0.2) is 5.17 Å². The first-order valence-electron chi connectivity index (χ1n) is 5.83. The SMILES string of the molecule is COC(=O)c1cc(C=NN=C2NC(=O)CS2)ccc1C. The van der Waals surface area contributed by atoms with Gasteiger partial charge in [-0.3, -0.25) is 4.79 Å². The third kappa shape index (κ3) is 3.45. The highest BCUT2D eigenvalue weighted by Gasteiger charge is 2.16. The predicted octanol–water partition coefficient (Wildman–Crippen LogP) is 1.33. The molecule has 0 bridgehead atoms. The highest BCUT2D eigenvalue weighted by Crippen LogP contribution is 2.12. The van der Waals surface area contributed by atoms with E-state index in [4.69, 9.17) is 4.74 Å². The average Bonchev–Trinajstić information content (AvgIpc) is 2.85. The molecule has 1 aromatic carbocycles. The van der Waals surface area contributed by atoms with E-state index < -0.39 is 0 Å². The molecule has 0 saturated carbocycles. The molecule has 2 rings (SSSR count). The second-order valence-corrected chi connectivity index (χ2v) is 5.02. The van der Waals surface area contributed by atoms with Crippen molar-refractivity contribution in [3.63, 3.8) is 0 Å². The van der Waals surface area contributed by atoms with E-state index in [1.807, 2.05) is 19.1 Å². The number of ether oxygens (including phenoxy) is 1. The van der Waals surface area contributed by atoms with E-state index >= 15 is 0 Å². The van der Waals surface area contributed by atoms with Crippen LogP contribution in [0.2, 0.25) is 0 Å². The van der Waals surface area contributed by atoms with Crippen LogP contribution < -0.4 is 5.32 Å². The van der Waals surface area contributed by atoms with Gasteiger partial charge in [0.25, 0.3) is 0 Å². The molecule has 0 aromatic heterocycles. The van der Waals surface area contributed by atoms with Crippen molar-refractivity contribution in [2.45, 2.75) is 6.92 Å². The quantitative estimate of drug-likeness (QED) is 0.517. The first-order chi connectivity index (χ1) is 9.60. The van der Waals surface area contributed by atoms with E-state index in [1.165, 1.54) is 25.1 Å². The standard InChI is InChI=1S/C13H13N3O3S/c1-8-3-4-9(5-10(8)12(18)19-2)6-14-16-13-15-11(17)7-20-13/h3-6H,7H2,1-2H3,(H,15,16,17). The zero-order valence-corrected chi connectivity index (χ0v) is 11.9. The molecule has 0 spiro atoms. The molecule has 104 valence electrons. The molecule has 1 aliphatic heterocycles. The van der Waals surface area contributed by atoms with Gasteiger partial charge in [-0.2, -0.15) is 5.10 Å². The molecular weight excluding hydrogens is 278 g/mol. The Labute approximate surface area is 120 Å². The number of benzene rings is 1. The summed E-state index contributed by atoms with van der Waals surface area (Å²) in [6.07, 6.45) is 1.52. The van der Waals surface area contributed by atoms with Crippen LogP contribution in [-0.4, -0.2) is 36.1 Å². The smallest absolute Gasteiger partial charge is 0.338 e. The molecule has 1 aromatic rings. The third-order valence-electron chi connectivity index (χ3n) is 2.61. The lowest BCUT2D eigenvalue weighted by molar-refractivity contribution is -0.116. The number of nitrogens with zero attached hydrogens (tertiary/aromatic N) is 2. The summed E-state index contributed by atoms with van der Waals surface area (Å²) in [4.78, 5) is 22.5. The van der Waals surface area contributed by atoms with E-state index in [1.54, 1.807) is 6.07 Å². The van der Waals surface area contributed by atoms with Crippen molar-refractivity contribution in [3.8, 4) is 0 Å². The number of esters is 1. The summed E-state index contributed by atoms with van der Waals surface area (Å²) in [5, 5.41) is 10.8. The lowest BCUT2D eigenvalue weighted by Crippen LogP contribution is -2.19. The summed E-state index contributed by atoms with van der Waals surface area (Å²) >= 11 is 1.30. The minimum atomic E-state index is -0.386. The number of amidine groups is 1. The highest BCUT2D eigenvalue weighted by molar-refractivity contribution is 8.15. The fourth-order valence-corrected chi connectivity index (χ4v) is 2.21. The maximum atomic E-state index is 11.6. The van der Waals surface area contributed by atoms with Crippen LogP contribution in [0.1, 0.15) is 21.5 Å². The van der Waals surface area contributed by atoms with Crippen molar-refractivity contribution in [2.24, 2.45) is 10.2 Å². The number of hydrogen-bond acceptors (Lipinski definition) is 6. The van der Waals surface area contributed by atoms with Gasteiger partial charge in [0.05, 0.1) is 24.6 Å². The minimum Gasteiger partial charge on any atom is -0.465 e. The van der Waals surface area contributed by atoms with Gasteiger partial charge in [0, 0.05) is 0 Å². The van der Waals surface area contributed by atoms with Crippen LogP contribution in [0.5, 0.6) is 0 Å². The van der Waals surface area contributed by atoms with Crippen LogP contribution in [0, 0.1) is 6.92 Å². The Morgan fingerprint density at radius 3 is 2.95 bits per heavy atom. The van der Waals surface area contributed by atoms with E-state index in [0.717, 1.165) is 11.1 Å². The van der Waals surface area contributed by atoms with Crippen LogP contribution in [0.15, 0.2) is 28.4 Å². The topological polar surface area (TPSA) is 80.1 Å². The second-order valence-electron chi connectivity index (χ2n) is 4.05. The molecule has 0 atom stereocenters. The van der Waals surface area contributed by atoms with Crippen LogP contribution in [0.25, 0.3) is 0 Å². The number of carbonyl (C=O) groups excluding carboxylic acids is 2. The molecule has 0 aliphatic carbocycles. The third-order valence-corrected chi connectivity index (χ3v) is 3.47. The van der Waals surface area contributed by atoms with Crippen LogP contribution in [0.3, 0.4) is 0 Å². The molecule has 1 N–H and O–H groups in total. The maximum Gasteiger partial charge on any atom is 0.338 e. The molecule has 0 unspecified atom stereocenters. The minimum absolute atomic E-state index is 0.0766. The van der Waals surface area contributed by atoms with Crippen molar-refractivity contribution < 1.29 is 14.3 Å². The zero-order chi connectivity index (χ0) is 14.5. The second kappa shape index (κ2) is 6.33. The summed E-state index contributed by atoms with van der Waals surface area (Å²) < 4.78 is 4.71. The normalized spacial score (nSPS) is 16.7. The molecule has 20 heavy (non-hydrogen) atoms. The van der Waals surface area contributed by atoms with Gasteiger partial charge >= 0.3 is 5.97 Å². The number of carbonyl (C=O) groups is 2. The number of methoxy groups -OCH3 is 1. The molecule has 1 fully saturated rings. The van der Waals surface area contributed by atoms with E-state index in [2.05, 4.69) is 15.5 Å². The first-order valence-corrected chi connectivity index (χ1v) is 6.81. The molecule has 7 heteroatoms. The van der Waals surface area contributed by atoms with Crippen molar-refractivity contribution >= 4 is 35.0 Å². The number of nitrogens with one attached hydrogen (secondary N) is 1. The number of rotatable bonds is 3. The van der Waals surface area contributed by atoms with Crippen LogP contribution in [-0.2, 0) is 9.53 Å². The fraction of sp³-hybridized carbons (Fsp3) is 0.231. The Morgan fingerprint density at radius 2 is 2.30 bits per heavy atom. The van der Waals surface area contributed by atoms with Gasteiger partial charge in [0.2, 0.25) is 5.91 Å². The van der Waals surface area contributed by atoms with Crippen LogP contribution in [0.4, 0.5) is 0 Å². The summed E-state index contributed by atoms with van der Waals surface area (Å²) in [6.45, 7) is 1.83. The fourth-order valence-electron chi connectivity index (χ4n) is 1.58. The van der Waals surface area contributed by atoms with Gasteiger partial charge in [-0.1, -0.05) is 23.9 Å². The molecule has 1 heterocycles. The largest absolute Gasteiger partial charge is 0.465 e. The Balaban J connectivity index is 2.13. The molecule has 1 amide bonds. The maximum absolute atomic E-state index is 11.6. The van der Waals surface area contributed by atoms with Gasteiger partial charge in [-0.25, -0.2) is 4.79 Å². The van der Waals surface area contributed by atoms with E-state index in [0.29, 0.717) is 16.5 Å². The van der Waals surface area contributed by atoms with E-state index in [9.17, 15) is 9.59 Å². The zero-order valence-electron chi connectivity index (χ0n) is 11.0. The monoisotopic (exact) mass is 291 g/mol. The molecule has 1 aliphatic rings. The van der Waals surface area contributed by atoms with Crippen molar-refractivity contribution in [3.05, 3.63) is 34.9 Å². The van der Waals surface area contributed by atoms with E-state index in [-0.39, 0.29) is 11.9 Å². The molecule has 1 saturated heterocycles. The van der Waals surface area contributed by atoms with Gasteiger partial charge < -0.3 is 10.1 Å². The lowest BCUT2D eigenvalue weighted by Gasteiger charge is -2.04. The highest BCUT2D eigenvalue weighted by atomic mass is 32.2. The van der Waals surface area contributed by atoms with Crippen LogP contribution >= 0.6 is 11.8 Å². The van der Waals surface area contributed by atoms with Gasteiger partial charge in [-0.05, 0) is 24.1 Å². The molecule has 0 radical (unpaired) electrons. The first kappa shape index (κ1) is 14.3. The number of amides is 1. The Hall–Kier alpha value is -2.15. The summed E-state index contributed by atoms with van der Waals surface area (Å²) in [7, 11) is 1.34. The summed E-state index contributed by atoms with van der Waals surface area (Å²) in [6, 6.07) is 5.32. The summed E-state index contributed by atoms with van der Waals surface area (Å²) in [5.41, 5.74) is 2.06. The Morgan fingerprint density at radius 1 is 1.50 bits per heavy atom. The number of aryl methyl sites for hydroxylation is 1. The molecular formula is C13H13N3O3S. The van der Waals surface area contributed by atoms with Gasteiger partial charge in [-0.15, -0.1) is 5.10 Å². The Bertz CT molecular complexity index is 611. The predicted molar refractivity (Wildman–Crippen MR) is 78.1 cm³/mol. The van der Waals surface area contributed by atoms with Crippen molar-refractivity contribution in [1.82, 2.24) is 5.32 Å². The number of hydrogen-bond donors (Lipinski definition) is 1. The summed E-state index contributed by atoms with van der Waals surface area (Å²) in [5.74, 6) is -0.0966. The van der Waals surface area contributed by atoms with Crippen molar-refractivity contribution in [1.29, 1.82) is 0 Å².